The summed E-state index contributed by atoms with van der Waals surface area (Å²) >= 11 is 0. The van der Waals surface area contributed by atoms with Crippen LogP contribution >= 0.6 is 0 Å². The molecule has 2 rings (SSSR count). The van der Waals surface area contributed by atoms with E-state index in [1.54, 1.807) is 0 Å². The van der Waals surface area contributed by atoms with Crippen molar-refractivity contribution in [3.63, 3.8) is 0 Å². The second-order valence-electron chi connectivity index (χ2n) is 5.28. The molecule has 3 nitrogen and oxygen atoms in total. The van der Waals surface area contributed by atoms with Crippen molar-refractivity contribution in [2.45, 2.75) is 45.1 Å². The highest BCUT2D eigenvalue weighted by Crippen LogP contribution is 2.26. The van der Waals surface area contributed by atoms with Crippen molar-refractivity contribution < 1.29 is 4.79 Å². The molecule has 0 heterocycles. The van der Waals surface area contributed by atoms with Gasteiger partial charge in [-0.2, -0.15) is 0 Å². The zero-order valence-electron chi connectivity index (χ0n) is 11.0. The fourth-order valence-corrected chi connectivity index (χ4v) is 2.64. The molecule has 1 aromatic rings. The lowest BCUT2D eigenvalue weighted by molar-refractivity contribution is -0.117. The first-order valence-electron chi connectivity index (χ1n) is 6.78. The Kier molecular flexibility index (Phi) is 4.37. The molecule has 1 aliphatic rings. The molecule has 18 heavy (non-hydrogen) atoms. The zero-order chi connectivity index (χ0) is 13.0. The fourth-order valence-electron chi connectivity index (χ4n) is 2.64. The molecule has 1 aromatic carbocycles. The first-order valence-corrected chi connectivity index (χ1v) is 6.78. The van der Waals surface area contributed by atoms with Gasteiger partial charge in [0.1, 0.15) is 0 Å². The van der Waals surface area contributed by atoms with Gasteiger partial charge in [-0.25, -0.2) is 0 Å². The molecule has 0 bridgehead atoms. The first-order chi connectivity index (χ1) is 8.66. The van der Waals surface area contributed by atoms with Crippen LogP contribution in [0.3, 0.4) is 0 Å². The fraction of sp³-hybridized carbons (Fsp3) is 0.533. The monoisotopic (exact) mass is 246 g/mol. The van der Waals surface area contributed by atoms with Gasteiger partial charge in [0.05, 0.1) is 0 Å². The van der Waals surface area contributed by atoms with Crippen molar-refractivity contribution in [1.29, 1.82) is 0 Å². The van der Waals surface area contributed by atoms with Crippen LogP contribution in [0.1, 0.15) is 37.7 Å². The van der Waals surface area contributed by atoms with E-state index in [1.165, 1.54) is 12.8 Å². The summed E-state index contributed by atoms with van der Waals surface area (Å²) < 4.78 is 0. The Morgan fingerprint density at radius 2 is 2.06 bits per heavy atom. The molecule has 1 fully saturated rings. The minimum Gasteiger partial charge on any atom is -0.327 e. The van der Waals surface area contributed by atoms with Crippen LogP contribution in [0.15, 0.2) is 24.3 Å². The van der Waals surface area contributed by atoms with Crippen LogP contribution in [-0.4, -0.2) is 11.9 Å². The Morgan fingerprint density at radius 3 is 2.78 bits per heavy atom. The van der Waals surface area contributed by atoms with Crippen molar-refractivity contribution in [3.8, 4) is 0 Å². The largest absolute Gasteiger partial charge is 0.327 e. The van der Waals surface area contributed by atoms with Crippen LogP contribution in [0.4, 0.5) is 5.69 Å². The number of benzene rings is 1. The van der Waals surface area contributed by atoms with Crippen molar-refractivity contribution in [2.75, 3.05) is 5.32 Å². The van der Waals surface area contributed by atoms with Crippen molar-refractivity contribution >= 4 is 11.6 Å². The second kappa shape index (κ2) is 6.01. The van der Waals surface area contributed by atoms with E-state index in [9.17, 15) is 4.79 Å². The number of carbonyl (C=O) groups excluding carboxylic acids is 1. The molecule has 1 amide bonds. The second-order valence-corrected chi connectivity index (χ2v) is 5.28. The van der Waals surface area contributed by atoms with Gasteiger partial charge in [0.15, 0.2) is 0 Å². The standard InChI is InChI=1S/C15H22N2O/c1-11-6-2-5-9-14(11)17-15(18)10-12-7-3-4-8-13(12)16/h2,5-6,9,12-13H,3-4,7-8,10,16H2,1H3,(H,17,18). The zero-order valence-corrected chi connectivity index (χ0v) is 11.0. The van der Waals surface area contributed by atoms with Gasteiger partial charge >= 0.3 is 0 Å². The summed E-state index contributed by atoms with van der Waals surface area (Å²) in [6.07, 6.45) is 5.10. The number of hydrogen-bond acceptors (Lipinski definition) is 2. The molecular weight excluding hydrogens is 224 g/mol. The summed E-state index contributed by atoms with van der Waals surface area (Å²) in [5.41, 5.74) is 8.08. The molecule has 1 aliphatic carbocycles. The topological polar surface area (TPSA) is 55.1 Å². The van der Waals surface area contributed by atoms with E-state index in [0.29, 0.717) is 12.3 Å². The maximum Gasteiger partial charge on any atom is 0.224 e. The van der Waals surface area contributed by atoms with Gasteiger partial charge in [-0.1, -0.05) is 31.0 Å². The van der Waals surface area contributed by atoms with E-state index in [4.69, 9.17) is 5.73 Å². The van der Waals surface area contributed by atoms with Crippen molar-refractivity contribution in [3.05, 3.63) is 29.8 Å². The smallest absolute Gasteiger partial charge is 0.224 e. The van der Waals surface area contributed by atoms with Gasteiger partial charge in [-0.3, -0.25) is 4.79 Å². The molecule has 2 atom stereocenters. The highest BCUT2D eigenvalue weighted by molar-refractivity contribution is 5.91. The molecule has 1 saturated carbocycles. The number of hydrogen-bond donors (Lipinski definition) is 2. The van der Waals surface area contributed by atoms with Gasteiger partial charge in [-0.05, 0) is 37.3 Å². The SMILES string of the molecule is Cc1ccccc1NC(=O)CC1CCCCC1N. The number of anilines is 1. The molecule has 3 heteroatoms. The number of carbonyl (C=O) groups is 1. The van der Waals surface area contributed by atoms with E-state index in [0.717, 1.165) is 24.1 Å². The summed E-state index contributed by atoms with van der Waals surface area (Å²) in [7, 11) is 0. The lowest BCUT2D eigenvalue weighted by Gasteiger charge is -2.28. The Hall–Kier alpha value is -1.35. The molecule has 0 radical (unpaired) electrons. The predicted molar refractivity (Wildman–Crippen MR) is 74.4 cm³/mol. The van der Waals surface area contributed by atoms with Crippen LogP contribution < -0.4 is 11.1 Å². The predicted octanol–water partition coefficient (Wildman–Crippen LogP) is 2.84. The van der Waals surface area contributed by atoms with E-state index in [1.807, 2.05) is 31.2 Å². The average molecular weight is 246 g/mol. The van der Waals surface area contributed by atoms with Gasteiger partial charge < -0.3 is 11.1 Å². The van der Waals surface area contributed by atoms with E-state index >= 15 is 0 Å². The Balaban J connectivity index is 1.90. The maximum atomic E-state index is 12.0. The number of aryl methyl sites for hydroxylation is 1. The molecule has 0 saturated heterocycles. The summed E-state index contributed by atoms with van der Waals surface area (Å²) in [5.74, 6) is 0.439. The minimum absolute atomic E-state index is 0.0895. The third kappa shape index (κ3) is 3.33. The molecule has 2 unspecified atom stereocenters. The minimum atomic E-state index is 0.0895. The van der Waals surface area contributed by atoms with E-state index in [2.05, 4.69) is 5.32 Å². The Labute approximate surface area is 109 Å². The van der Waals surface area contributed by atoms with Gasteiger partial charge in [-0.15, -0.1) is 0 Å². The molecule has 0 aromatic heterocycles. The summed E-state index contributed by atoms with van der Waals surface area (Å²) in [6, 6.07) is 8.05. The highest BCUT2D eigenvalue weighted by atomic mass is 16.1. The first kappa shape index (κ1) is 13.1. The molecule has 3 N–H and O–H groups in total. The summed E-state index contributed by atoms with van der Waals surface area (Å²) in [5, 5.41) is 2.98. The quantitative estimate of drug-likeness (QED) is 0.861. The van der Waals surface area contributed by atoms with E-state index < -0.39 is 0 Å². The van der Waals surface area contributed by atoms with Crippen LogP contribution in [0, 0.1) is 12.8 Å². The summed E-state index contributed by atoms with van der Waals surface area (Å²) in [6.45, 7) is 2.00. The maximum absolute atomic E-state index is 12.0. The van der Waals surface area contributed by atoms with Crippen molar-refractivity contribution in [2.24, 2.45) is 11.7 Å². The number of nitrogens with one attached hydrogen (secondary N) is 1. The summed E-state index contributed by atoms with van der Waals surface area (Å²) in [4.78, 5) is 12.0. The molecule has 98 valence electrons. The van der Waals surface area contributed by atoms with E-state index in [-0.39, 0.29) is 11.9 Å². The Bertz CT molecular complexity index is 417. The third-order valence-corrected chi connectivity index (χ3v) is 3.83. The van der Waals surface area contributed by atoms with Crippen molar-refractivity contribution in [1.82, 2.24) is 0 Å². The normalized spacial score (nSPS) is 23.7. The van der Waals surface area contributed by atoms with Crippen LogP contribution in [0.2, 0.25) is 0 Å². The van der Waals surface area contributed by atoms with Gasteiger partial charge in [0.2, 0.25) is 5.91 Å². The number of para-hydroxylation sites is 1. The number of nitrogens with two attached hydrogens (primary N) is 1. The molecule has 0 spiro atoms. The third-order valence-electron chi connectivity index (χ3n) is 3.83. The lowest BCUT2D eigenvalue weighted by Crippen LogP contribution is -2.35. The highest BCUT2D eigenvalue weighted by Gasteiger charge is 2.24. The van der Waals surface area contributed by atoms with Gasteiger partial charge in [0, 0.05) is 18.2 Å². The molecule has 0 aliphatic heterocycles. The lowest BCUT2D eigenvalue weighted by atomic mass is 9.83. The van der Waals surface area contributed by atoms with Crippen LogP contribution in [0.25, 0.3) is 0 Å². The Morgan fingerprint density at radius 1 is 1.33 bits per heavy atom. The van der Waals surface area contributed by atoms with Crippen LogP contribution in [-0.2, 0) is 4.79 Å². The number of amides is 1. The van der Waals surface area contributed by atoms with Gasteiger partial charge in [0.25, 0.3) is 0 Å². The van der Waals surface area contributed by atoms with Crippen LogP contribution in [0.5, 0.6) is 0 Å². The average Bonchev–Trinajstić information content (AvgIpc) is 2.35. The number of rotatable bonds is 3. The molecular formula is C15H22N2O.